The maximum Gasteiger partial charge on any atom is 0.381 e. The van der Waals surface area contributed by atoms with E-state index in [1.165, 1.54) is 0 Å². The number of ether oxygens (including phenoxy) is 1. The van der Waals surface area contributed by atoms with Gasteiger partial charge in [-0.25, -0.2) is 0 Å². The fourth-order valence-corrected chi connectivity index (χ4v) is 2.91. The van der Waals surface area contributed by atoms with E-state index in [4.69, 9.17) is 9.84 Å². The van der Waals surface area contributed by atoms with Gasteiger partial charge in [0.25, 0.3) is 0 Å². The standard InChI is InChI=1S/C13H17O4P/c1-3-8-17-11-6-4-5-7-12(11)18(16)9-10(2)13(14)15/h4-7,10H,3,8-9H2,1-2H3/p+1. The van der Waals surface area contributed by atoms with Gasteiger partial charge < -0.3 is 9.84 Å². The van der Waals surface area contributed by atoms with E-state index in [9.17, 15) is 9.36 Å². The quantitative estimate of drug-likeness (QED) is 0.773. The SMILES string of the molecule is CCCOc1ccccc1[P+](=O)CC(C)C(=O)O. The molecule has 1 aromatic rings. The van der Waals surface area contributed by atoms with Crippen molar-refractivity contribution in [3.05, 3.63) is 24.3 Å². The van der Waals surface area contributed by atoms with E-state index in [0.29, 0.717) is 17.7 Å². The van der Waals surface area contributed by atoms with Crippen molar-refractivity contribution in [3.63, 3.8) is 0 Å². The number of carboxylic acids is 1. The molecule has 0 aromatic heterocycles. The molecule has 2 unspecified atom stereocenters. The summed E-state index contributed by atoms with van der Waals surface area (Å²) in [5.74, 6) is -0.948. The van der Waals surface area contributed by atoms with Gasteiger partial charge in [0.05, 0.1) is 12.5 Å². The molecule has 1 rings (SSSR count). The Kier molecular flexibility index (Phi) is 5.79. The summed E-state index contributed by atoms with van der Waals surface area (Å²) >= 11 is 0. The van der Waals surface area contributed by atoms with E-state index in [0.717, 1.165) is 6.42 Å². The Balaban J connectivity index is 2.81. The van der Waals surface area contributed by atoms with Crippen LogP contribution < -0.4 is 10.0 Å². The van der Waals surface area contributed by atoms with Crippen molar-refractivity contribution in [3.8, 4) is 5.75 Å². The maximum absolute atomic E-state index is 12.1. The van der Waals surface area contributed by atoms with Crippen LogP contribution in [-0.4, -0.2) is 23.8 Å². The summed E-state index contributed by atoms with van der Waals surface area (Å²) in [5, 5.41) is 9.43. The maximum atomic E-state index is 12.1. The topological polar surface area (TPSA) is 63.6 Å². The van der Waals surface area contributed by atoms with Gasteiger partial charge in [0.2, 0.25) is 5.30 Å². The van der Waals surface area contributed by atoms with Gasteiger partial charge in [-0.05, 0) is 25.5 Å². The summed E-state index contributed by atoms with van der Waals surface area (Å²) in [6.07, 6.45) is 1.01. The van der Waals surface area contributed by atoms with Crippen molar-refractivity contribution < 1.29 is 19.2 Å². The predicted molar refractivity (Wildman–Crippen MR) is 71.1 cm³/mol. The van der Waals surface area contributed by atoms with Crippen LogP contribution in [0.15, 0.2) is 24.3 Å². The van der Waals surface area contributed by atoms with E-state index in [1.54, 1.807) is 25.1 Å². The van der Waals surface area contributed by atoms with E-state index in [2.05, 4.69) is 0 Å². The van der Waals surface area contributed by atoms with Crippen molar-refractivity contribution in [1.82, 2.24) is 0 Å². The van der Waals surface area contributed by atoms with Crippen LogP contribution in [0.3, 0.4) is 0 Å². The lowest BCUT2D eigenvalue weighted by molar-refractivity contribution is -0.140. The Labute approximate surface area is 108 Å². The second-order valence-electron chi connectivity index (χ2n) is 4.12. The lowest BCUT2D eigenvalue weighted by Gasteiger charge is -2.04. The van der Waals surface area contributed by atoms with Gasteiger partial charge in [0.15, 0.2) is 11.9 Å². The lowest BCUT2D eigenvalue weighted by atomic mass is 10.2. The molecule has 0 spiro atoms. The van der Waals surface area contributed by atoms with Crippen LogP contribution in [0.1, 0.15) is 20.3 Å². The summed E-state index contributed by atoms with van der Waals surface area (Å²) in [6.45, 7) is 4.12. The van der Waals surface area contributed by atoms with Crippen LogP contribution in [0.4, 0.5) is 0 Å². The fourth-order valence-electron chi connectivity index (χ4n) is 1.42. The van der Waals surface area contributed by atoms with Crippen molar-refractivity contribution in [2.45, 2.75) is 20.3 Å². The molecule has 2 atom stereocenters. The van der Waals surface area contributed by atoms with E-state index < -0.39 is 19.7 Å². The predicted octanol–water partition coefficient (Wildman–Crippen LogP) is 2.65. The third-order valence-electron chi connectivity index (χ3n) is 2.46. The van der Waals surface area contributed by atoms with Crippen LogP contribution in [0.2, 0.25) is 0 Å². The molecule has 4 nitrogen and oxygen atoms in total. The third-order valence-corrected chi connectivity index (χ3v) is 4.24. The Hall–Kier alpha value is -1.41. The van der Waals surface area contributed by atoms with Crippen molar-refractivity contribution in [1.29, 1.82) is 0 Å². The number of carboxylic acid groups (broad SMARTS) is 1. The Morgan fingerprint density at radius 1 is 1.44 bits per heavy atom. The van der Waals surface area contributed by atoms with Crippen molar-refractivity contribution >= 4 is 19.1 Å². The molecule has 0 aliphatic carbocycles. The number of hydrogen-bond acceptors (Lipinski definition) is 3. The Morgan fingerprint density at radius 2 is 2.11 bits per heavy atom. The first-order valence-corrected chi connectivity index (χ1v) is 7.40. The van der Waals surface area contributed by atoms with Gasteiger partial charge >= 0.3 is 13.8 Å². The molecule has 0 saturated heterocycles. The molecule has 0 saturated carbocycles. The molecule has 0 heterocycles. The molecular weight excluding hydrogens is 251 g/mol. The van der Waals surface area contributed by atoms with Gasteiger partial charge in [-0.2, -0.15) is 0 Å². The Bertz CT molecular complexity index is 431. The van der Waals surface area contributed by atoms with Gasteiger partial charge in [-0.1, -0.05) is 23.6 Å². The van der Waals surface area contributed by atoms with Crippen LogP contribution in [0, 0.1) is 5.92 Å². The molecule has 1 aromatic carbocycles. The van der Waals surface area contributed by atoms with E-state index >= 15 is 0 Å². The molecule has 5 heteroatoms. The summed E-state index contributed by atoms with van der Waals surface area (Å²) in [6, 6.07) is 7.10. The first kappa shape index (κ1) is 14.7. The monoisotopic (exact) mass is 269 g/mol. The summed E-state index contributed by atoms with van der Waals surface area (Å²) < 4.78 is 17.7. The molecule has 0 amide bonds. The van der Waals surface area contributed by atoms with Crippen LogP contribution in [0.5, 0.6) is 5.75 Å². The molecule has 0 fully saturated rings. The Morgan fingerprint density at radius 3 is 2.72 bits per heavy atom. The molecular formula is C13H18O4P+. The minimum Gasteiger partial charge on any atom is -0.489 e. The van der Waals surface area contributed by atoms with Gasteiger partial charge in [0, 0.05) is 0 Å². The molecule has 0 aliphatic rings. The molecule has 18 heavy (non-hydrogen) atoms. The average molecular weight is 269 g/mol. The normalized spacial score (nSPS) is 12.9. The van der Waals surface area contributed by atoms with Crippen LogP contribution in [-0.2, 0) is 9.36 Å². The zero-order valence-electron chi connectivity index (χ0n) is 10.6. The highest BCUT2D eigenvalue weighted by Crippen LogP contribution is 2.28. The van der Waals surface area contributed by atoms with E-state index in [-0.39, 0.29) is 6.16 Å². The van der Waals surface area contributed by atoms with E-state index in [1.807, 2.05) is 13.0 Å². The molecule has 1 N–H and O–H groups in total. The first-order valence-electron chi connectivity index (χ1n) is 5.95. The minimum atomic E-state index is -1.74. The number of rotatable bonds is 7. The first-order chi connectivity index (χ1) is 8.56. The fraction of sp³-hybridized carbons (Fsp3) is 0.462. The summed E-state index contributed by atoms with van der Waals surface area (Å²) in [4.78, 5) is 10.8. The van der Waals surface area contributed by atoms with Crippen LogP contribution in [0.25, 0.3) is 0 Å². The molecule has 0 radical (unpaired) electrons. The number of hydrogen-bond donors (Lipinski definition) is 1. The smallest absolute Gasteiger partial charge is 0.381 e. The summed E-state index contributed by atoms with van der Waals surface area (Å²) in [5.41, 5.74) is 0. The molecule has 98 valence electrons. The second-order valence-corrected chi connectivity index (χ2v) is 5.72. The summed E-state index contributed by atoms with van der Waals surface area (Å²) in [7, 11) is -1.74. The second kappa shape index (κ2) is 7.12. The number of carbonyl (C=O) groups is 1. The largest absolute Gasteiger partial charge is 0.489 e. The highest BCUT2D eigenvalue weighted by molar-refractivity contribution is 7.53. The van der Waals surface area contributed by atoms with Gasteiger partial charge in [-0.15, -0.1) is 0 Å². The molecule has 0 bridgehead atoms. The average Bonchev–Trinajstić information content (AvgIpc) is 2.36. The lowest BCUT2D eigenvalue weighted by Crippen LogP contribution is -2.15. The zero-order chi connectivity index (χ0) is 13.5. The number of benzene rings is 1. The highest BCUT2D eigenvalue weighted by atomic mass is 31.1. The highest BCUT2D eigenvalue weighted by Gasteiger charge is 2.30. The van der Waals surface area contributed by atoms with Gasteiger partial charge in [-0.3, -0.25) is 4.79 Å². The van der Waals surface area contributed by atoms with Crippen LogP contribution >= 0.6 is 7.80 Å². The van der Waals surface area contributed by atoms with Gasteiger partial charge in [0.1, 0.15) is 0 Å². The molecule has 0 aliphatic heterocycles. The number of aliphatic carboxylic acids is 1. The van der Waals surface area contributed by atoms with Crippen molar-refractivity contribution in [2.75, 3.05) is 12.8 Å². The zero-order valence-corrected chi connectivity index (χ0v) is 11.5. The van der Waals surface area contributed by atoms with Crippen molar-refractivity contribution in [2.24, 2.45) is 5.92 Å². The third kappa shape index (κ3) is 4.11. The number of para-hydroxylation sites is 1. The minimum absolute atomic E-state index is 0.136.